The van der Waals surface area contributed by atoms with Crippen LogP contribution in [0.4, 0.5) is 0 Å². The summed E-state index contributed by atoms with van der Waals surface area (Å²) < 4.78 is 25.3. The lowest BCUT2D eigenvalue weighted by Crippen LogP contribution is -2.01. The monoisotopic (exact) mass is 774 g/mol. The third-order valence-corrected chi connectivity index (χ3v) is 9.60. The lowest BCUT2D eigenvalue weighted by Gasteiger charge is -2.15. The molecule has 5 heteroatoms. The van der Waals surface area contributed by atoms with Crippen molar-refractivity contribution in [2.75, 3.05) is 0 Å². The minimum absolute atomic E-state index is 0.483. The fourth-order valence-electron chi connectivity index (χ4n) is 6.35. The van der Waals surface area contributed by atoms with Crippen LogP contribution in [0, 0.1) is 0 Å². The molecule has 0 radical (unpaired) electrons. The van der Waals surface area contributed by atoms with Crippen LogP contribution in [0.5, 0.6) is 23.0 Å². The van der Waals surface area contributed by atoms with Crippen molar-refractivity contribution < 1.29 is 18.9 Å². The Labute approximate surface area is 327 Å². The lowest BCUT2D eigenvalue weighted by molar-refractivity contribution is 0.289. The predicted octanol–water partition coefficient (Wildman–Crippen LogP) is 12.1. The topological polar surface area (TPSA) is 36.9 Å². The van der Waals surface area contributed by atoms with Crippen LogP contribution in [0.3, 0.4) is 0 Å². The standard InChI is InChI=1S/C49H43BrO4/c50-32-45-24-41(22-43-26-46(51-33-37-13-5-1-6-14-37)30-47(27-43)52-34-38-15-7-2-8-16-38)21-42(25-45)23-44-28-48(53-35-39-17-9-3-10-18-39)31-49(29-44)54-36-40-19-11-4-12-20-40/h1-21,24-31H,22-23,32-36H2. The van der Waals surface area contributed by atoms with E-state index in [2.05, 4.69) is 107 Å². The molecule has 0 atom stereocenters. The molecule has 270 valence electrons. The number of hydrogen-bond acceptors (Lipinski definition) is 4. The summed E-state index contributed by atoms with van der Waals surface area (Å²) in [5.41, 5.74) is 10.4. The molecule has 54 heavy (non-hydrogen) atoms. The van der Waals surface area contributed by atoms with Gasteiger partial charge in [-0.3, -0.25) is 0 Å². The van der Waals surface area contributed by atoms with Crippen molar-refractivity contribution in [3.63, 3.8) is 0 Å². The second kappa shape index (κ2) is 18.8. The Balaban J connectivity index is 1.13. The van der Waals surface area contributed by atoms with Gasteiger partial charge in [0, 0.05) is 17.5 Å². The van der Waals surface area contributed by atoms with Gasteiger partial charge < -0.3 is 18.9 Å². The second-order valence-corrected chi connectivity index (χ2v) is 13.9. The Morgan fingerprint density at radius 1 is 0.278 bits per heavy atom. The van der Waals surface area contributed by atoms with Crippen LogP contribution in [0.25, 0.3) is 0 Å². The highest BCUT2D eigenvalue weighted by Crippen LogP contribution is 2.30. The molecule has 0 aliphatic heterocycles. The number of rotatable bonds is 17. The summed E-state index contributed by atoms with van der Waals surface area (Å²) in [4.78, 5) is 0. The molecular weight excluding hydrogens is 732 g/mol. The van der Waals surface area contributed by atoms with Gasteiger partial charge in [0.1, 0.15) is 49.4 Å². The fraction of sp³-hybridized carbons (Fsp3) is 0.143. The lowest BCUT2D eigenvalue weighted by atomic mass is 9.96. The maximum absolute atomic E-state index is 6.32. The summed E-state index contributed by atoms with van der Waals surface area (Å²) in [6, 6.07) is 60.3. The average Bonchev–Trinajstić information content (AvgIpc) is 3.22. The molecule has 0 aliphatic rings. The minimum Gasteiger partial charge on any atom is -0.489 e. The molecule has 0 amide bonds. The number of ether oxygens (including phenoxy) is 4. The molecule has 0 saturated heterocycles. The maximum atomic E-state index is 6.32. The SMILES string of the molecule is BrCc1cc(Cc2cc(OCc3ccccc3)cc(OCc3ccccc3)c2)cc(Cc2cc(OCc3ccccc3)cc(OCc3ccccc3)c2)c1. The van der Waals surface area contributed by atoms with Crippen LogP contribution in [0.15, 0.2) is 176 Å². The largest absolute Gasteiger partial charge is 0.489 e. The molecule has 0 spiro atoms. The van der Waals surface area contributed by atoms with Crippen molar-refractivity contribution >= 4 is 15.9 Å². The second-order valence-electron chi connectivity index (χ2n) is 13.4. The number of benzene rings is 7. The van der Waals surface area contributed by atoms with Crippen LogP contribution >= 0.6 is 15.9 Å². The van der Waals surface area contributed by atoms with E-state index in [1.54, 1.807) is 0 Å². The van der Waals surface area contributed by atoms with Crippen molar-refractivity contribution in [2.24, 2.45) is 0 Å². The van der Waals surface area contributed by atoms with Crippen molar-refractivity contribution in [1.82, 2.24) is 0 Å². The van der Waals surface area contributed by atoms with Crippen molar-refractivity contribution in [3.05, 3.63) is 226 Å². The summed E-state index contributed by atoms with van der Waals surface area (Å²) in [6.45, 7) is 1.93. The van der Waals surface area contributed by atoms with Crippen LogP contribution in [-0.2, 0) is 44.6 Å². The third-order valence-electron chi connectivity index (χ3n) is 8.96. The molecule has 0 N–H and O–H groups in total. The van der Waals surface area contributed by atoms with E-state index in [9.17, 15) is 0 Å². The van der Waals surface area contributed by atoms with Gasteiger partial charge in [0.15, 0.2) is 0 Å². The van der Waals surface area contributed by atoms with E-state index in [0.717, 1.165) is 74.6 Å². The molecule has 0 fully saturated rings. The van der Waals surface area contributed by atoms with Crippen LogP contribution in [0.2, 0.25) is 0 Å². The molecular formula is C49H43BrO4. The van der Waals surface area contributed by atoms with Crippen LogP contribution in [-0.4, -0.2) is 0 Å². The quantitative estimate of drug-likeness (QED) is 0.0864. The summed E-state index contributed by atoms with van der Waals surface area (Å²) in [7, 11) is 0. The van der Waals surface area contributed by atoms with Gasteiger partial charge in [-0.05, 0) is 87.2 Å². The van der Waals surface area contributed by atoms with Crippen molar-refractivity contribution in [1.29, 1.82) is 0 Å². The maximum Gasteiger partial charge on any atom is 0.123 e. The summed E-state index contributed by atoms with van der Waals surface area (Å²) in [6.07, 6.45) is 1.45. The summed E-state index contributed by atoms with van der Waals surface area (Å²) in [5.74, 6) is 3.14. The van der Waals surface area contributed by atoms with Gasteiger partial charge in [-0.25, -0.2) is 0 Å². The van der Waals surface area contributed by atoms with Crippen molar-refractivity contribution in [2.45, 2.75) is 44.6 Å². The molecule has 7 aromatic carbocycles. The smallest absolute Gasteiger partial charge is 0.123 e. The first-order valence-electron chi connectivity index (χ1n) is 18.3. The van der Waals surface area contributed by atoms with E-state index in [1.165, 1.54) is 16.7 Å². The van der Waals surface area contributed by atoms with Gasteiger partial charge in [0.25, 0.3) is 0 Å². The Morgan fingerprint density at radius 3 is 0.815 bits per heavy atom. The van der Waals surface area contributed by atoms with Crippen molar-refractivity contribution in [3.8, 4) is 23.0 Å². The fourth-order valence-corrected chi connectivity index (χ4v) is 6.68. The van der Waals surface area contributed by atoms with Gasteiger partial charge in [0.05, 0.1) is 0 Å². The molecule has 0 aromatic heterocycles. The van der Waals surface area contributed by atoms with Crippen LogP contribution in [0.1, 0.15) is 50.1 Å². The Kier molecular flexibility index (Phi) is 12.7. The molecule has 7 aromatic rings. The molecule has 0 aliphatic carbocycles. The highest BCUT2D eigenvalue weighted by molar-refractivity contribution is 9.08. The van der Waals surface area contributed by atoms with Gasteiger partial charge in [-0.1, -0.05) is 155 Å². The van der Waals surface area contributed by atoms with E-state index < -0.39 is 0 Å². The van der Waals surface area contributed by atoms with Gasteiger partial charge in [-0.2, -0.15) is 0 Å². The van der Waals surface area contributed by atoms with Gasteiger partial charge >= 0.3 is 0 Å². The van der Waals surface area contributed by atoms with Gasteiger partial charge in [-0.15, -0.1) is 0 Å². The average molecular weight is 776 g/mol. The highest BCUT2D eigenvalue weighted by atomic mass is 79.9. The van der Waals surface area contributed by atoms with Gasteiger partial charge in [0.2, 0.25) is 0 Å². The first-order chi connectivity index (χ1) is 26.6. The first kappa shape index (κ1) is 36.6. The Morgan fingerprint density at radius 2 is 0.537 bits per heavy atom. The third kappa shape index (κ3) is 11.1. The summed E-state index contributed by atoms with van der Waals surface area (Å²) in [5, 5.41) is 0.755. The zero-order valence-electron chi connectivity index (χ0n) is 30.2. The highest BCUT2D eigenvalue weighted by Gasteiger charge is 2.11. The molecule has 0 heterocycles. The number of hydrogen-bond donors (Lipinski definition) is 0. The van der Waals surface area contributed by atoms with E-state index in [-0.39, 0.29) is 0 Å². The normalized spacial score (nSPS) is 10.8. The van der Waals surface area contributed by atoms with E-state index >= 15 is 0 Å². The number of halogens is 1. The molecule has 0 saturated carbocycles. The first-order valence-corrected chi connectivity index (χ1v) is 19.4. The van der Waals surface area contributed by atoms with E-state index in [0.29, 0.717) is 26.4 Å². The van der Waals surface area contributed by atoms with E-state index in [1.807, 2.05) is 84.9 Å². The molecule has 4 nitrogen and oxygen atoms in total. The molecule has 7 rings (SSSR count). The van der Waals surface area contributed by atoms with E-state index in [4.69, 9.17) is 18.9 Å². The summed E-state index contributed by atoms with van der Waals surface area (Å²) >= 11 is 3.73. The number of alkyl halides is 1. The Bertz CT molecular complexity index is 1930. The zero-order chi connectivity index (χ0) is 36.8. The predicted molar refractivity (Wildman–Crippen MR) is 221 cm³/mol. The molecule has 0 unspecified atom stereocenters. The zero-order valence-corrected chi connectivity index (χ0v) is 31.8. The van der Waals surface area contributed by atoms with Crippen LogP contribution < -0.4 is 18.9 Å². The minimum atomic E-state index is 0.483. The Hall–Kier alpha value is -5.78. The molecule has 0 bridgehead atoms.